The van der Waals surface area contributed by atoms with Crippen molar-refractivity contribution in [2.75, 3.05) is 12.8 Å². The van der Waals surface area contributed by atoms with E-state index >= 15 is 0 Å². The number of hydrogen-bond acceptors (Lipinski definition) is 2. The van der Waals surface area contributed by atoms with Crippen LogP contribution in [0.4, 0.5) is 0 Å². The van der Waals surface area contributed by atoms with Gasteiger partial charge < -0.3 is 0 Å². The first-order valence-corrected chi connectivity index (χ1v) is 6.57. The zero-order valence-electron chi connectivity index (χ0n) is 7.73. The largest absolute Gasteiger partial charge is 0.215 e. The van der Waals surface area contributed by atoms with Crippen LogP contribution in [-0.2, 0) is 10.0 Å². The van der Waals surface area contributed by atoms with Crippen LogP contribution < -0.4 is 4.72 Å². The number of fused-ring (bicyclic) bond motifs is 2. The van der Waals surface area contributed by atoms with Gasteiger partial charge in [0.2, 0.25) is 10.0 Å². The summed E-state index contributed by atoms with van der Waals surface area (Å²) in [6.45, 7) is 0.615. The second-order valence-corrected chi connectivity index (χ2v) is 5.99. The van der Waals surface area contributed by atoms with E-state index in [-0.39, 0.29) is 0 Å². The van der Waals surface area contributed by atoms with Crippen LogP contribution in [-0.4, -0.2) is 21.2 Å². The van der Waals surface area contributed by atoms with Crippen molar-refractivity contribution < 1.29 is 8.42 Å². The Balaban J connectivity index is 1.88. The fraction of sp³-hybridized carbons (Fsp3) is 0.778. The summed E-state index contributed by atoms with van der Waals surface area (Å²) in [5.41, 5.74) is 0. The highest BCUT2D eigenvalue weighted by molar-refractivity contribution is 7.88. The summed E-state index contributed by atoms with van der Waals surface area (Å²) < 4.78 is 24.3. The Morgan fingerprint density at radius 3 is 2.62 bits per heavy atom. The van der Waals surface area contributed by atoms with Crippen LogP contribution in [0.25, 0.3) is 0 Å². The van der Waals surface area contributed by atoms with Gasteiger partial charge in [0.05, 0.1) is 6.26 Å². The fourth-order valence-corrected chi connectivity index (χ4v) is 2.90. The maximum absolute atomic E-state index is 10.9. The third kappa shape index (κ3) is 2.11. The molecule has 0 aliphatic heterocycles. The first kappa shape index (κ1) is 9.21. The summed E-state index contributed by atoms with van der Waals surface area (Å²) in [4.78, 5) is 0. The van der Waals surface area contributed by atoms with Crippen LogP contribution in [0.5, 0.6) is 0 Å². The van der Waals surface area contributed by atoms with Crippen molar-refractivity contribution in [2.45, 2.75) is 12.8 Å². The van der Waals surface area contributed by atoms with Crippen LogP contribution in [0, 0.1) is 17.8 Å². The van der Waals surface area contributed by atoms with E-state index in [1.54, 1.807) is 0 Å². The van der Waals surface area contributed by atoms with E-state index < -0.39 is 10.0 Å². The van der Waals surface area contributed by atoms with Gasteiger partial charge in [-0.2, -0.15) is 0 Å². The molecule has 13 heavy (non-hydrogen) atoms. The van der Waals surface area contributed by atoms with Crippen molar-refractivity contribution in [3.63, 3.8) is 0 Å². The Hall–Kier alpha value is -0.350. The molecule has 1 fully saturated rings. The van der Waals surface area contributed by atoms with Crippen LogP contribution in [0.2, 0.25) is 0 Å². The summed E-state index contributed by atoms with van der Waals surface area (Å²) in [5.74, 6) is 1.88. The average Bonchev–Trinajstić information content (AvgIpc) is 2.58. The first-order chi connectivity index (χ1) is 6.04. The van der Waals surface area contributed by atoms with Gasteiger partial charge in [-0.1, -0.05) is 12.2 Å². The number of hydrogen-bond donors (Lipinski definition) is 1. The lowest BCUT2D eigenvalue weighted by atomic mass is 9.94. The number of sulfonamides is 1. The highest BCUT2D eigenvalue weighted by Crippen LogP contribution is 2.42. The van der Waals surface area contributed by atoms with Crippen molar-refractivity contribution in [3.8, 4) is 0 Å². The third-order valence-corrected chi connectivity index (χ3v) is 3.72. The molecule has 74 valence electrons. The maximum Gasteiger partial charge on any atom is 0.208 e. The summed E-state index contributed by atoms with van der Waals surface area (Å²) in [6, 6.07) is 0. The Morgan fingerprint density at radius 1 is 1.38 bits per heavy atom. The van der Waals surface area contributed by atoms with Crippen molar-refractivity contribution in [3.05, 3.63) is 12.2 Å². The molecule has 0 unspecified atom stereocenters. The molecule has 3 atom stereocenters. The number of allylic oxidation sites excluding steroid dienone is 2. The molecule has 0 aromatic heterocycles. The molecule has 0 aromatic carbocycles. The van der Waals surface area contributed by atoms with Gasteiger partial charge in [0, 0.05) is 6.54 Å². The van der Waals surface area contributed by atoms with E-state index in [0.717, 1.165) is 12.3 Å². The summed E-state index contributed by atoms with van der Waals surface area (Å²) >= 11 is 0. The Labute approximate surface area is 79.3 Å². The minimum absolute atomic E-state index is 0.532. The molecule has 4 heteroatoms. The predicted molar refractivity (Wildman–Crippen MR) is 51.7 cm³/mol. The van der Waals surface area contributed by atoms with Crippen LogP contribution in [0.1, 0.15) is 12.8 Å². The van der Waals surface area contributed by atoms with Crippen molar-refractivity contribution in [1.82, 2.24) is 4.72 Å². The topological polar surface area (TPSA) is 46.2 Å². The second kappa shape index (κ2) is 3.10. The van der Waals surface area contributed by atoms with Crippen molar-refractivity contribution >= 4 is 10.0 Å². The highest BCUT2D eigenvalue weighted by Gasteiger charge is 2.35. The van der Waals surface area contributed by atoms with Gasteiger partial charge in [-0.3, -0.25) is 0 Å². The molecule has 1 N–H and O–H groups in total. The van der Waals surface area contributed by atoms with Gasteiger partial charge >= 0.3 is 0 Å². The SMILES string of the molecule is CS(=O)(=O)NC[C@H]1C[C@H]2C=C[C@@H]1C2. The monoisotopic (exact) mass is 201 g/mol. The van der Waals surface area contributed by atoms with Crippen molar-refractivity contribution in [2.24, 2.45) is 17.8 Å². The molecular weight excluding hydrogens is 186 g/mol. The van der Waals surface area contributed by atoms with E-state index in [4.69, 9.17) is 0 Å². The van der Waals surface area contributed by atoms with E-state index in [9.17, 15) is 8.42 Å². The van der Waals surface area contributed by atoms with Gasteiger partial charge in [-0.15, -0.1) is 0 Å². The third-order valence-electron chi connectivity index (χ3n) is 3.02. The number of rotatable bonds is 3. The van der Waals surface area contributed by atoms with Gasteiger partial charge in [-0.25, -0.2) is 13.1 Å². The molecular formula is C9H15NO2S. The highest BCUT2D eigenvalue weighted by atomic mass is 32.2. The van der Waals surface area contributed by atoms with Gasteiger partial charge in [0.15, 0.2) is 0 Å². The molecule has 2 aliphatic rings. The Bertz CT molecular complexity index is 321. The second-order valence-electron chi connectivity index (χ2n) is 4.16. The molecule has 0 aromatic rings. The molecule has 0 heterocycles. The number of nitrogens with one attached hydrogen (secondary N) is 1. The minimum atomic E-state index is -3.00. The van der Waals surface area contributed by atoms with E-state index in [1.807, 2.05) is 0 Å². The predicted octanol–water partition coefficient (Wildman–Crippen LogP) is 0.748. The first-order valence-electron chi connectivity index (χ1n) is 4.67. The van der Waals surface area contributed by atoms with Gasteiger partial charge in [-0.05, 0) is 30.6 Å². The lowest BCUT2D eigenvalue weighted by molar-refractivity contribution is 0.441. The molecule has 0 amide bonds. The fourth-order valence-electron chi connectivity index (χ4n) is 2.39. The van der Waals surface area contributed by atoms with Crippen LogP contribution in [0.3, 0.4) is 0 Å². The Kier molecular flexibility index (Phi) is 2.20. The standard InChI is InChI=1S/C9H15NO2S/c1-13(11,12)10-6-9-5-7-2-3-8(9)4-7/h2-3,7-10H,4-6H2,1H3/t7-,8+,9+/m0/s1. The van der Waals surface area contributed by atoms with Crippen LogP contribution >= 0.6 is 0 Å². The average molecular weight is 201 g/mol. The molecule has 0 radical (unpaired) electrons. The van der Waals surface area contributed by atoms with Gasteiger partial charge in [0.1, 0.15) is 0 Å². The summed E-state index contributed by atoms with van der Waals surface area (Å²) in [5, 5.41) is 0. The molecule has 1 saturated carbocycles. The summed E-state index contributed by atoms with van der Waals surface area (Å²) in [7, 11) is -3.00. The van der Waals surface area contributed by atoms with E-state index in [0.29, 0.717) is 18.4 Å². The normalized spacial score (nSPS) is 37.2. The zero-order valence-corrected chi connectivity index (χ0v) is 8.55. The zero-order chi connectivity index (χ0) is 9.47. The molecule has 2 bridgehead atoms. The smallest absolute Gasteiger partial charge is 0.208 e. The summed E-state index contributed by atoms with van der Waals surface area (Å²) in [6.07, 6.45) is 8.11. The molecule has 0 saturated heterocycles. The minimum Gasteiger partial charge on any atom is -0.215 e. The lowest BCUT2D eigenvalue weighted by Crippen LogP contribution is -2.29. The quantitative estimate of drug-likeness (QED) is 0.685. The van der Waals surface area contributed by atoms with Gasteiger partial charge in [0.25, 0.3) is 0 Å². The van der Waals surface area contributed by atoms with Crippen LogP contribution in [0.15, 0.2) is 12.2 Å². The van der Waals surface area contributed by atoms with E-state index in [2.05, 4.69) is 16.9 Å². The Morgan fingerprint density at radius 2 is 2.15 bits per heavy atom. The molecule has 0 spiro atoms. The van der Waals surface area contributed by atoms with E-state index in [1.165, 1.54) is 12.7 Å². The lowest BCUT2D eigenvalue weighted by Gasteiger charge is -2.17. The molecule has 3 nitrogen and oxygen atoms in total. The van der Waals surface area contributed by atoms with Crippen molar-refractivity contribution in [1.29, 1.82) is 0 Å². The maximum atomic E-state index is 10.9. The molecule has 2 rings (SSSR count). The molecule has 2 aliphatic carbocycles.